The lowest BCUT2D eigenvalue weighted by atomic mass is 10.0. The van der Waals surface area contributed by atoms with Crippen molar-refractivity contribution in [3.63, 3.8) is 0 Å². The summed E-state index contributed by atoms with van der Waals surface area (Å²) >= 11 is 0. The van der Waals surface area contributed by atoms with E-state index in [0.29, 0.717) is 5.56 Å². The fourth-order valence-corrected chi connectivity index (χ4v) is 2.76. The van der Waals surface area contributed by atoms with E-state index in [-0.39, 0.29) is 17.4 Å². The first kappa shape index (κ1) is 28.4. The van der Waals surface area contributed by atoms with Crippen molar-refractivity contribution in [2.75, 3.05) is 6.67 Å². The number of ether oxygens (including phenoxy) is 1. The predicted molar refractivity (Wildman–Crippen MR) is 116 cm³/mol. The number of imide groups is 1. The van der Waals surface area contributed by atoms with Crippen molar-refractivity contribution in [2.24, 2.45) is 11.7 Å². The molecule has 3 atom stereocenters. The SMILES string of the molecule is CC(NC(=O)C(N)C(C)C)C(=O)N(C(=O)OCc1ccccc1)C(CC(=O)O)C(=O)C(=O)CF. The van der Waals surface area contributed by atoms with Gasteiger partial charge in [-0.3, -0.25) is 24.0 Å². The summed E-state index contributed by atoms with van der Waals surface area (Å²) in [6, 6.07) is 3.55. The van der Waals surface area contributed by atoms with E-state index in [0.717, 1.165) is 0 Å². The molecule has 0 saturated heterocycles. The highest BCUT2D eigenvalue weighted by Crippen LogP contribution is 2.14. The van der Waals surface area contributed by atoms with Crippen LogP contribution in [0.1, 0.15) is 32.8 Å². The lowest BCUT2D eigenvalue weighted by Crippen LogP contribution is -2.58. The fraction of sp³-hybridized carbons (Fsp3) is 0.455. The minimum absolute atomic E-state index is 0.124. The second-order valence-corrected chi connectivity index (χ2v) is 7.78. The molecule has 1 rings (SSSR count). The summed E-state index contributed by atoms with van der Waals surface area (Å²) in [7, 11) is 0. The van der Waals surface area contributed by atoms with Crippen LogP contribution in [-0.2, 0) is 35.3 Å². The number of hydrogen-bond donors (Lipinski definition) is 3. The third-order valence-electron chi connectivity index (χ3n) is 4.77. The molecule has 0 aliphatic heterocycles. The van der Waals surface area contributed by atoms with Crippen molar-refractivity contribution >= 4 is 35.4 Å². The molecule has 0 aliphatic carbocycles. The minimum Gasteiger partial charge on any atom is -0.481 e. The van der Waals surface area contributed by atoms with Crippen LogP contribution in [0.15, 0.2) is 30.3 Å². The Morgan fingerprint density at radius 1 is 1.09 bits per heavy atom. The highest BCUT2D eigenvalue weighted by atomic mass is 19.1. The zero-order valence-corrected chi connectivity index (χ0v) is 19.0. The Morgan fingerprint density at radius 3 is 2.18 bits per heavy atom. The molecule has 0 heterocycles. The molecular weight excluding hydrogens is 453 g/mol. The number of amides is 3. The quantitative estimate of drug-likeness (QED) is 0.361. The number of rotatable bonds is 12. The Morgan fingerprint density at radius 2 is 1.68 bits per heavy atom. The predicted octanol–water partition coefficient (Wildman–Crippen LogP) is 0.591. The number of carbonyl (C=O) groups is 6. The molecule has 186 valence electrons. The summed E-state index contributed by atoms with van der Waals surface area (Å²) in [6.07, 6.45) is -2.63. The number of nitrogens with zero attached hydrogens (tertiary/aromatic N) is 1. The zero-order chi connectivity index (χ0) is 26.0. The van der Waals surface area contributed by atoms with Crippen LogP contribution in [0, 0.1) is 5.92 Å². The maximum absolute atomic E-state index is 13.1. The molecule has 0 radical (unpaired) electrons. The molecule has 0 bridgehead atoms. The summed E-state index contributed by atoms with van der Waals surface area (Å²) < 4.78 is 17.9. The number of carboxylic acid groups (broad SMARTS) is 1. The van der Waals surface area contributed by atoms with Crippen molar-refractivity contribution < 1.29 is 43.0 Å². The molecule has 12 heteroatoms. The van der Waals surface area contributed by atoms with Crippen molar-refractivity contribution in [1.29, 1.82) is 0 Å². The molecule has 3 amide bonds. The summed E-state index contributed by atoms with van der Waals surface area (Å²) in [5.41, 5.74) is 6.25. The molecule has 3 unspecified atom stereocenters. The van der Waals surface area contributed by atoms with E-state index in [9.17, 15) is 38.3 Å². The van der Waals surface area contributed by atoms with Crippen LogP contribution in [0.5, 0.6) is 0 Å². The highest BCUT2D eigenvalue weighted by Gasteiger charge is 2.42. The van der Waals surface area contributed by atoms with Gasteiger partial charge in [0.1, 0.15) is 18.7 Å². The maximum Gasteiger partial charge on any atom is 0.417 e. The summed E-state index contributed by atoms with van der Waals surface area (Å²) in [6.45, 7) is 2.38. The number of carboxylic acids is 1. The van der Waals surface area contributed by atoms with Crippen molar-refractivity contribution in [1.82, 2.24) is 10.2 Å². The van der Waals surface area contributed by atoms with Gasteiger partial charge in [0.2, 0.25) is 17.5 Å². The number of alkyl halides is 1. The van der Waals surface area contributed by atoms with Gasteiger partial charge in [-0.05, 0) is 18.4 Å². The number of nitrogens with two attached hydrogens (primary N) is 1. The topological polar surface area (TPSA) is 173 Å². The van der Waals surface area contributed by atoms with E-state index < -0.39 is 66.7 Å². The normalized spacial score (nSPS) is 13.4. The smallest absolute Gasteiger partial charge is 0.417 e. The van der Waals surface area contributed by atoms with Crippen molar-refractivity contribution in [3.05, 3.63) is 35.9 Å². The molecular formula is C22H28FN3O8. The highest BCUT2D eigenvalue weighted by molar-refractivity contribution is 6.40. The third kappa shape index (κ3) is 8.03. The van der Waals surface area contributed by atoms with E-state index in [1.165, 1.54) is 6.92 Å². The number of ketones is 2. The Bertz CT molecular complexity index is 922. The second kappa shape index (κ2) is 13.1. The molecule has 1 aromatic rings. The molecule has 1 aromatic carbocycles. The first-order valence-corrected chi connectivity index (χ1v) is 10.3. The third-order valence-corrected chi connectivity index (χ3v) is 4.77. The number of Topliss-reactive ketones (excluding diaryl/α,β-unsaturated/α-hetero) is 2. The Hall–Kier alpha value is -3.67. The molecule has 4 N–H and O–H groups in total. The first-order chi connectivity index (χ1) is 15.9. The van der Waals surface area contributed by atoms with Crippen LogP contribution in [0.2, 0.25) is 0 Å². The second-order valence-electron chi connectivity index (χ2n) is 7.78. The lowest BCUT2D eigenvalue weighted by molar-refractivity contribution is -0.149. The first-order valence-electron chi connectivity index (χ1n) is 10.3. The van der Waals surface area contributed by atoms with E-state index in [2.05, 4.69) is 5.32 Å². The number of carbonyl (C=O) groups excluding carboxylic acids is 5. The molecule has 0 aliphatic rings. The van der Waals surface area contributed by atoms with Crippen molar-refractivity contribution in [3.8, 4) is 0 Å². The number of halogens is 1. The van der Waals surface area contributed by atoms with Gasteiger partial charge >= 0.3 is 12.1 Å². The van der Waals surface area contributed by atoms with E-state index in [1.54, 1.807) is 44.2 Å². The number of nitrogens with one attached hydrogen (secondary N) is 1. The van der Waals surface area contributed by atoms with Gasteiger partial charge in [-0.1, -0.05) is 44.2 Å². The van der Waals surface area contributed by atoms with Crippen molar-refractivity contribution in [2.45, 2.75) is 51.9 Å². The number of benzene rings is 1. The van der Waals surface area contributed by atoms with Crippen LogP contribution in [0.4, 0.5) is 9.18 Å². The fourth-order valence-electron chi connectivity index (χ4n) is 2.76. The summed E-state index contributed by atoms with van der Waals surface area (Å²) in [5, 5.41) is 11.5. The van der Waals surface area contributed by atoms with Gasteiger partial charge in [0.15, 0.2) is 6.67 Å². The Labute approximate surface area is 195 Å². The van der Waals surface area contributed by atoms with Gasteiger partial charge in [0, 0.05) is 0 Å². The van der Waals surface area contributed by atoms with E-state index >= 15 is 0 Å². The average Bonchev–Trinajstić information content (AvgIpc) is 2.80. The van der Waals surface area contributed by atoms with Crippen LogP contribution >= 0.6 is 0 Å². The maximum atomic E-state index is 13.1. The van der Waals surface area contributed by atoms with Crippen LogP contribution in [0.25, 0.3) is 0 Å². The summed E-state index contributed by atoms with van der Waals surface area (Å²) in [5.74, 6) is -7.15. The van der Waals surface area contributed by atoms with Crippen LogP contribution < -0.4 is 11.1 Å². The van der Waals surface area contributed by atoms with Gasteiger partial charge in [-0.15, -0.1) is 0 Å². The Kier molecular flexibility index (Phi) is 11.0. The van der Waals surface area contributed by atoms with Gasteiger partial charge in [-0.2, -0.15) is 0 Å². The van der Waals surface area contributed by atoms with E-state index in [4.69, 9.17) is 10.5 Å². The van der Waals surface area contributed by atoms with Gasteiger partial charge in [0.05, 0.1) is 12.5 Å². The number of hydrogen-bond acceptors (Lipinski definition) is 8. The molecule has 0 spiro atoms. The van der Waals surface area contributed by atoms with Crippen LogP contribution in [0.3, 0.4) is 0 Å². The average molecular weight is 481 g/mol. The minimum atomic E-state index is -2.19. The molecule has 0 fully saturated rings. The van der Waals surface area contributed by atoms with Crippen LogP contribution in [-0.4, -0.2) is 70.2 Å². The summed E-state index contributed by atoms with van der Waals surface area (Å²) in [4.78, 5) is 73.7. The lowest BCUT2D eigenvalue weighted by Gasteiger charge is -2.30. The zero-order valence-electron chi connectivity index (χ0n) is 19.0. The molecule has 0 saturated carbocycles. The van der Waals surface area contributed by atoms with Gasteiger partial charge < -0.3 is 20.9 Å². The largest absolute Gasteiger partial charge is 0.481 e. The molecule has 11 nitrogen and oxygen atoms in total. The monoisotopic (exact) mass is 481 g/mol. The van der Waals surface area contributed by atoms with Gasteiger partial charge in [0.25, 0.3) is 5.91 Å². The molecule has 0 aromatic heterocycles. The van der Waals surface area contributed by atoms with Gasteiger partial charge in [-0.25, -0.2) is 14.1 Å². The standard InChI is InChI=1S/C22H28FN3O8/c1-12(2)18(24)20(31)25-13(3)21(32)26(15(9-17(28)29)19(30)16(27)10-23)22(33)34-11-14-7-5-4-6-8-14/h4-8,12-13,15,18H,9-11,24H2,1-3H3,(H,25,31)(H,28,29). The Balaban J connectivity index is 3.29. The molecule has 34 heavy (non-hydrogen) atoms. The van der Waals surface area contributed by atoms with E-state index in [1.807, 2.05) is 0 Å². The number of aliphatic carboxylic acids is 1.